The highest BCUT2D eigenvalue weighted by atomic mass is 35.5. The van der Waals surface area contributed by atoms with Gasteiger partial charge in [0.05, 0.1) is 12.1 Å². The van der Waals surface area contributed by atoms with Crippen molar-refractivity contribution < 1.29 is 4.79 Å². The highest BCUT2D eigenvalue weighted by Crippen LogP contribution is 2.18. The predicted molar refractivity (Wildman–Crippen MR) is 128 cm³/mol. The molecule has 2 N–H and O–H groups in total. The number of rotatable bonds is 8. The fourth-order valence-electron chi connectivity index (χ4n) is 3.57. The van der Waals surface area contributed by atoms with Crippen LogP contribution in [0.25, 0.3) is 10.9 Å². The lowest BCUT2D eigenvalue weighted by molar-refractivity contribution is 0.194. The summed E-state index contributed by atoms with van der Waals surface area (Å²) in [7, 11) is 0. The molecule has 0 atom stereocenters. The highest BCUT2D eigenvalue weighted by molar-refractivity contribution is 6.30. The van der Waals surface area contributed by atoms with Gasteiger partial charge in [0.25, 0.3) is 5.56 Å². The van der Waals surface area contributed by atoms with Crippen molar-refractivity contribution >= 4 is 34.2 Å². The van der Waals surface area contributed by atoms with Crippen LogP contribution in [0.5, 0.6) is 0 Å². The Hall–Kier alpha value is -2.83. The summed E-state index contributed by atoms with van der Waals surface area (Å²) in [5, 5.41) is 4.40. The van der Waals surface area contributed by atoms with Crippen molar-refractivity contribution in [3.8, 4) is 0 Å². The van der Waals surface area contributed by atoms with Crippen LogP contribution in [0.2, 0.25) is 5.02 Å². The third-order valence-electron chi connectivity index (χ3n) is 5.47. The quantitative estimate of drug-likeness (QED) is 0.525. The zero-order valence-electron chi connectivity index (χ0n) is 18.2. The minimum Gasteiger partial charge on any atom is -0.321 e. The van der Waals surface area contributed by atoms with Crippen molar-refractivity contribution in [2.75, 3.05) is 31.5 Å². The normalized spacial score (nSPS) is 11.1. The number of benzene rings is 2. The molecule has 0 aliphatic rings. The summed E-state index contributed by atoms with van der Waals surface area (Å²) in [5.74, 6) is 0. The van der Waals surface area contributed by atoms with E-state index < -0.39 is 0 Å². The molecule has 0 unspecified atom stereocenters. The summed E-state index contributed by atoms with van der Waals surface area (Å²) in [6.45, 7) is 9.39. The van der Waals surface area contributed by atoms with Crippen LogP contribution < -0.4 is 10.9 Å². The van der Waals surface area contributed by atoms with Gasteiger partial charge in [-0.05, 0) is 55.2 Å². The first-order valence-corrected chi connectivity index (χ1v) is 10.9. The number of aryl methyl sites for hydroxylation is 1. The number of carbonyl (C=O) groups excluding carboxylic acids is 1. The van der Waals surface area contributed by atoms with E-state index >= 15 is 0 Å². The van der Waals surface area contributed by atoms with Crippen molar-refractivity contribution in [2.24, 2.45) is 0 Å². The molecule has 2 amide bonds. The van der Waals surface area contributed by atoms with Crippen molar-refractivity contribution in [3.63, 3.8) is 0 Å². The number of para-hydroxylation sites is 1. The van der Waals surface area contributed by atoms with Gasteiger partial charge in [-0.15, -0.1) is 0 Å². The van der Waals surface area contributed by atoms with Gasteiger partial charge in [0.15, 0.2) is 0 Å². The molecule has 7 heteroatoms. The van der Waals surface area contributed by atoms with Crippen molar-refractivity contribution in [1.29, 1.82) is 0 Å². The highest BCUT2D eigenvalue weighted by Gasteiger charge is 2.18. The summed E-state index contributed by atoms with van der Waals surface area (Å²) in [4.78, 5) is 32.7. The third kappa shape index (κ3) is 5.87. The maximum atomic E-state index is 13.1. The molecule has 3 aromatic rings. The Labute approximate surface area is 187 Å². The van der Waals surface area contributed by atoms with Crippen LogP contribution in [0.1, 0.15) is 25.0 Å². The van der Waals surface area contributed by atoms with Crippen LogP contribution in [0, 0.1) is 6.92 Å². The third-order valence-corrected chi connectivity index (χ3v) is 5.70. The minimum atomic E-state index is -0.266. The molecule has 0 aliphatic heterocycles. The van der Waals surface area contributed by atoms with E-state index in [1.807, 2.05) is 31.2 Å². The van der Waals surface area contributed by atoms with Gasteiger partial charge in [-0.3, -0.25) is 4.79 Å². The van der Waals surface area contributed by atoms with E-state index in [0.29, 0.717) is 22.8 Å². The number of carbonyl (C=O) groups is 1. The summed E-state index contributed by atoms with van der Waals surface area (Å²) in [6.07, 6.45) is 0. The molecule has 31 heavy (non-hydrogen) atoms. The van der Waals surface area contributed by atoms with Crippen molar-refractivity contribution in [3.05, 3.63) is 75.0 Å². The smallest absolute Gasteiger partial charge is 0.321 e. The fourth-order valence-corrected chi connectivity index (χ4v) is 3.77. The molecule has 1 heterocycles. The molecule has 0 fully saturated rings. The van der Waals surface area contributed by atoms with Gasteiger partial charge < -0.3 is 20.1 Å². The Kier molecular flexibility index (Phi) is 7.71. The summed E-state index contributed by atoms with van der Waals surface area (Å²) < 4.78 is 0. The second-order valence-corrected chi connectivity index (χ2v) is 7.99. The lowest BCUT2D eigenvalue weighted by atomic mass is 10.1. The largest absolute Gasteiger partial charge is 0.322 e. The maximum absolute atomic E-state index is 13.1. The number of urea groups is 1. The van der Waals surface area contributed by atoms with Crippen LogP contribution in [-0.2, 0) is 6.54 Å². The van der Waals surface area contributed by atoms with E-state index in [-0.39, 0.29) is 18.1 Å². The number of halogens is 1. The first-order valence-electron chi connectivity index (χ1n) is 10.6. The van der Waals surface area contributed by atoms with E-state index in [1.165, 1.54) is 0 Å². The number of anilines is 1. The zero-order chi connectivity index (χ0) is 22.4. The van der Waals surface area contributed by atoms with Crippen LogP contribution >= 0.6 is 11.6 Å². The molecule has 0 saturated heterocycles. The van der Waals surface area contributed by atoms with Gasteiger partial charge in [-0.25, -0.2) is 4.79 Å². The second kappa shape index (κ2) is 10.5. The maximum Gasteiger partial charge on any atom is 0.322 e. The Bertz CT molecular complexity index is 1110. The molecule has 3 rings (SSSR count). The fraction of sp³-hybridized carbons (Fsp3) is 0.333. The Morgan fingerprint density at radius 1 is 1.06 bits per heavy atom. The molecular formula is C24H29ClN4O2. The van der Waals surface area contributed by atoms with Gasteiger partial charge >= 0.3 is 6.03 Å². The number of amides is 2. The van der Waals surface area contributed by atoms with E-state index in [2.05, 4.69) is 29.0 Å². The molecule has 0 spiro atoms. The molecule has 1 aromatic heterocycles. The van der Waals surface area contributed by atoms with E-state index in [4.69, 9.17) is 11.6 Å². The SMILES string of the molecule is CCN(CC)CCN(Cc1cc2cccc(C)c2[nH]c1=O)C(=O)Nc1cccc(Cl)c1. The van der Waals surface area contributed by atoms with Crippen molar-refractivity contribution in [1.82, 2.24) is 14.8 Å². The Morgan fingerprint density at radius 2 is 1.81 bits per heavy atom. The number of H-pyrrole nitrogens is 1. The number of pyridine rings is 1. The lowest BCUT2D eigenvalue weighted by Gasteiger charge is -2.26. The minimum absolute atomic E-state index is 0.176. The monoisotopic (exact) mass is 440 g/mol. The summed E-state index contributed by atoms with van der Waals surface area (Å²) in [6, 6.07) is 14.5. The topological polar surface area (TPSA) is 68.4 Å². The lowest BCUT2D eigenvalue weighted by Crippen LogP contribution is -2.41. The van der Waals surface area contributed by atoms with Gasteiger partial charge in [0.1, 0.15) is 0 Å². The number of nitrogens with one attached hydrogen (secondary N) is 2. The number of likely N-dealkylation sites (N-methyl/N-ethyl adjacent to an activating group) is 1. The van der Waals surface area contributed by atoms with Gasteiger partial charge in [-0.2, -0.15) is 0 Å². The van der Waals surface area contributed by atoms with Crippen LogP contribution in [0.4, 0.5) is 10.5 Å². The average Bonchev–Trinajstić information content (AvgIpc) is 2.74. The van der Waals surface area contributed by atoms with Crippen LogP contribution in [-0.4, -0.2) is 47.0 Å². The Balaban J connectivity index is 1.86. The zero-order valence-corrected chi connectivity index (χ0v) is 19.0. The van der Waals surface area contributed by atoms with E-state index in [9.17, 15) is 9.59 Å². The average molecular weight is 441 g/mol. The van der Waals surface area contributed by atoms with E-state index in [1.54, 1.807) is 29.2 Å². The summed E-state index contributed by atoms with van der Waals surface area (Å²) >= 11 is 6.05. The van der Waals surface area contributed by atoms with Gasteiger partial charge in [0.2, 0.25) is 0 Å². The van der Waals surface area contributed by atoms with Gasteiger partial charge in [0, 0.05) is 29.4 Å². The van der Waals surface area contributed by atoms with Crippen LogP contribution in [0.15, 0.2) is 53.3 Å². The standard InChI is InChI=1S/C24H29ClN4O2/c1-4-28(5-2)12-13-29(24(31)26-21-11-7-10-20(25)15-21)16-19-14-18-9-6-8-17(3)22(18)27-23(19)30/h6-11,14-15H,4-5,12-13,16H2,1-3H3,(H,26,31)(H,27,30). The molecule has 164 valence electrons. The molecule has 2 aromatic carbocycles. The first kappa shape index (κ1) is 22.8. The van der Waals surface area contributed by atoms with Crippen molar-refractivity contribution in [2.45, 2.75) is 27.3 Å². The number of nitrogens with zero attached hydrogens (tertiary/aromatic N) is 2. The molecule has 0 bridgehead atoms. The Morgan fingerprint density at radius 3 is 2.52 bits per heavy atom. The summed E-state index contributed by atoms with van der Waals surface area (Å²) in [5.41, 5.74) is 2.84. The molecule has 0 radical (unpaired) electrons. The first-order chi connectivity index (χ1) is 14.9. The number of fused-ring (bicyclic) bond motifs is 1. The van der Waals surface area contributed by atoms with Gasteiger partial charge in [-0.1, -0.05) is 49.7 Å². The number of hydrogen-bond donors (Lipinski definition) is 2. The van der Waals surface area contributed by atoms with Crippen LogP contribution in [0.3, 0.4) is 0 Å². The molecule has 0 saturated carbocycles. The molecular weight excluding hydrogens is 412 g/mol. The molecule has 6 nitrogen and oxygen atoms in total. The predicted octanol–water partition coefficient (Wildman–Crippen LogP) is 4.87. The second-order valence-electron chi connectivity index (χ2n) is 7.55. The number of aromatic amines is 1. The van der Waals surface area contributed by atoms with E-state index in [0.717, 1.165) is 36.1 Å². The molecule has 0 aliphatic carbocycles. The number of aromatic nitrogens is 1. The number of hydrogen-bond acceptors (Lipinski definition) is 3.